The van der Waals surface area contributed by atoms with Gasteiger partial charge in [0.2, 0.25) is 0 Å². The van der Waals surface area contributed by atoms with E-state index in [2.05, 4.69) is 29.0 Å². The SMILES string of the molecule is C=C(CNCC)CSc1n[nH]c(=O)n1C(C)C. The monoisotopic (exact) mass is 256 g/mol. The third kappa shape index (κ3) is 4.05. The van der Waals surface area contributed by atoms with E-state index in [1.807, 2.05) is 13.8 Å². The molecule has 0 radical (unpaired) electrons. The maximum Gasteiger partial charge on any atom is 0.344 e. The Balaban J connectivity index is 2.58. The van der Waals surface area contributed by atoms with Crippen molar-refractivity contribution >= 4 is 11.8 Å². The van der Waals surface area contributed by atoms with Gasteiger partial charge in [0.1, 0.15) is 0 Å². The molecule has 5 nitrogen and oxygen atoms in total. The highest BCUT2D eigenvalue weighted by molar-refractivity contribution is 7.99. The van der Waals surface area contributed by atoms with Gasteiger partial charge in [0, 0.05) is 18.3 Å². The minimum absolute atomic E-state index is 0.116. The third-order valence-corrected chi connectivity index (χ3v) is 3.32. The Morgan fingerprint density at radius 2 is 2.35 bits per heavy atom. The topological polar surface area (TPSA) is 62.7 Å². The van der Waals surface area contributed by atoms with E-state index in [1.165, 1.54) is 11.8 Å². The molecule has 0 unspecified atom stereocenters. The number of nitrogens with one attached hydrogen (secondary N) is 2. The van der Waals surface area contributed by atoms with E-state index in [0.29, 0.717) is 0 Å². The van der Waals surface area contributed by atoms with E-state index < -0.39 is 0 Å². The normalized spacial score (nSPS) is 11.1. The first-order valence-electron chi connectivity index (χ1n) is 5.73. The molecule has 0 saturated heterocycles. The molecule has 0 amide bonds. The number of H-pyrrole nitrogens is 1. The molecule has 1 aromatic rings. The molecule has 0 saturated carbocycles. The Bertz CT molecular complexity index is 421. The summed E-state index contributed by atoms with van der Waals surface area (Å²) in [4.78, 5) is 11.5. The molecular formula is C11H20N4OS. The van der Waals surface area contributed by atoms with Gasteiger partial charge >= 0.3 is 5.69 Å². The van der Waals surface area contributed by atoms with Crippen LogP contribution >= 0.6 is 11.8 Å². The molecule has 0 aliphatic heterocycles. The Hall–Kier alpha value is -1.01. The lowest BCUT2D eigenvalue weighted by Gasteiger charge is -2.09. The Labute approximate surface area is 106 Å². The van der Waals surface area contributed by atoms with Crippen molar-refractivity contribution in [2.45, 2.75) is 32.0 Å². The number of rotatable bonds is 7. The van der Waals surface area contributed by atoms with Crippen molar-refractivity contribution in [1.82, 2.24) is 20.1 Å². The number of aromatic nitrogens is 3. The highest BCUT2D eigenvalue weighted by Crippen LogP contribution is 2.18. The Morgan fingerprint density at radius 3 is 2.94 bits per heavy atom. The number of hydrogen-bond donors (Lipinski definition) is 2. The minimum Gasteiger partial charge on any atom is -0.313 e. The summed E-state index contributed by atoms with van der Waals surface area (Å²) in [6.45, 7) is 11.7. The molecule has 0 aromatic carbocycles. The molecule has 2 N–H and O–H groups in total. The zero-order chi connectivity index (χ0) is 12.8. The summed E-state index contributed by atoms with van der Waals surface area (Å²) in [6, 6.07) is 0.116. The summed E-state index contributed by atoms with van der Waals surface area (Å²) in [6.07, 6.45) is 0. The van der Waals surface area contributed by atoms with Crippen molar-refractivity contribution in [2.24, 2.45) is 0 Å². The van der Waals surface area contributed by atoms with Gasteiger partial charge in [-0.2, -0.15) is 0 Å². The van der Waals surface area contributed by atoms with E-state index in [-0.39, 0.29) is 11.7 Å². The summed E-state index contributed by atoms with van der Waals surface area (Å²) in [5, 5.41) is 10.4. The molecule has 0 aliphatic carbocycles. The molecule has 0 fully saturated rings. The van der Waals surface area contributed by atoms with E-state index in [9.17, 15) is 4.79 Å². The number of likely N-dealkylation sites (N-methyl/N-ethyl adjacent to an activating group) is 1. The van der Waals surface area contributed by atoms with Crippen molar-refractivity contribution in [2.75, 3.05) is 18.8 Å². The molecular weight excluding hydrogens is 236 g/mol. The summed E-state index contributed by atoms with van der Waals surface area (Å²) >= 11 is 1.54. The maximum absolute atomic E-state index is 11.5. The molecule has 1 heterocycles. The van der Waals surface area contributed by atoms with Crippen LogP contribution in [-0.4, -0.2) is 33.6 Å². The van der Waals surface area contributed by atoms with Gasteiger partial charge in [-0.25, -0.2) is 9.89 Å². The Morgan fingerprint density at radius 1 is 1.65 bits per heavy atom. The van der Waals surface area contributed by atoms with Gasteiger partial charge < -0.3 is 5.32 Å². The molecule has 96 valence electrons. The Kier molecular flexibility index (Phi) is 5.50. The van der Waals surface area contributed by atoms with Crippen LogP contribution in [0.25, 0.3) is 0 Å². The van der Waals surface area contributed by atoms with Gasteiger partial charge in [0.05, 0.1) is 0 Å². The third-order valence-electron chi connectivity index (χ3n) is 2.22. The van der Waals surface area contributed by atoms with E-state index in [0.717, 1.165) is 29.6 Å². The fourth-order valence-corrected chi connectivity index (χ4v) is 2.35. The standard InChI is InChI=1S/C11H20N4OS/c1-5-12-6-9(4)7-17-11-14-13-10(16)15(11)8(2)3/h8,12H,4-7H2,1-3H3,(H,13,16). The van der Waals surface area contributed by atoms with Gasteiger partial charge in [-0.05, 0) is 20.4 Å². The summed E-state index contributed by atoms with van der Waals surface area (Å²) in [7, 11) is 0. The average Bonchev–Trinajstić information content (AvgIpc) is 2.65. The predicted octanol–water partition coefficient (Wildman–Crippen LogP) is 1.41. The zero-order valence-electron chi connectivity index (χ0n) is 10.6. The predicted molar refractivity (Wildman–Crippen MR) is 71.6 cm³/mol. The zero-order valence-corrected chi connectivity index (χ0v) is 11.4. The lowest BCUT2D eigenvalue weighted by molar-refractivity contribution is 0.534. The molecule has 0 spiro atoms. The lowest BCUT2D eigenvalue weighted by atomic mass is 10.3. The molecule has 17 heavy (non-hydrogen) atoms. The lowest BCUT2D eigenvalue weighted by Crippen LogP contribution is -2.20. The second-order valence-electron chi connectivity index (χ2n) is 4.09. The van der Waals surface area contributed by atoms with Crippen molar-refractivity contribution in [3.8, 4) is 0 Å². The highest BCUT2D eigenvalue weighted by Gasteiger charge is 2.11. The molecule has 6 heteroatoms. The van der Waals surface area contributed by atoms with Crippen LogP contribution < -0.4 is 11.0 Å². The summed E-state index contributed by atoms with van der Waals surface area (Å²) in [5.74, 6) is 0.768. The smallest absolute Gasteiger partial charge is 0.313 e. The van der Waals surface area contributed by atoms with Crippen LogP contribution in [-0.2, 0) is 0 Å². The fraction of sp³-hybridized carbons (Fsp3) is 0.636. The van der Waals surface area contributed by atoms with Crippen LogP contribution in [0.1, 0.15) is 26.8 Å². The van der Waals surface area contributed by atoms with Crippen molar-refractivity contribution in [3.63, 3.8) is 0 Å². The van der Waals surface area contributed by atoms with Gasteiger partial charge in [0.25, 0.3) is 0 Å². The molecule has 0 aliphatic rings. The molecule has 1 aromatic heterocycles. The summed E-state index contributed by atoms with van der Waals surface area (Å²) < 4.78 is 1.66. The number of aromatic amines is 1. The van der Waals surface area contributed by atoms with Crippen LogP contribution in [0, 0.1) is 0 Å². The summed E-state index contributed by atoms with van der Waals surface area (Å²) in [5.41, 5.74) is 0.947. The first kappa shape index (κ1) is 14.1. The molecule has 0 bridgehead atoms. The first-order valence-corrected chi connectivity index (χ1v) is 6.71. The van der Waals surface area contributed by atoms with Gasteiger partial charge in [-0.1, -0.05) is 30.8 Å². The van der Waals surface area contributed by atoms with Crippen LogP contribution in [0.4, 0.5) is 0 Å². The molecule has 1 rings (SSSR count). The van der Waals surface area contributed by atoms with Gasteiger partial charge in [0.15, 0.2) is 5.16 Å². The highest BCUT2D eigenvalue weighted by atomic mass is 32.2. The quantitative estimate of drug-likeness (QED) is 0.572. The van der Waals surface area contributed by atoms with Crippen molar-refractivity contribution in [1.29, 1.82) is 0 Å². The van der Waals surface area contributed by atoms with Gasteiger partial charge in [-0.15, -0.1) is 5.10 Å². The van der Waals surface area contributed by atoms with Gasteiger partial charge in [-0.3, -0.25) is 4.57 Å². The van der Waals surface area contributed by atoms with Crippen LogP contribution in [0.5, 0.6) is 0 Å². The van der Waals surface area contributed by atoms with E-state index in [1.54, 1.807) is 4.57 Å². The van der Waals surface area contributed by atoms with Crippen molar-refractivity contribution < 1.29 is 0 Å². The van der Waals surface area contributed by atoms with Crippen LogP contribution in [0.3, 0.4) is 0 Å². The van der Waals surface area contributed by atoms with Crippen LogP contribution in [0.15, 0.2) is 22.1 Å². The minimum atomic E-state index is -0.153. The first-order chi connectivity index (χ1) is 8.06. The number of nitrogens with zero attached hydrogens (tertiary/aromatic N) is 2. The van der Waals surface area contributed by atoms with Crippen LogP contribution in [0.2, 0.25) is 0 Å². The second kappa shape index (κ2) is 6.66. The van der Waals surface area contributed by atoms with Crippen molar-refractivity contribution in [3.05, 3.63) is 22.6 Å². The van der Waals surface area contributed by atoms with E-state index in [4.69, 9.17) is 0 Å². The second-order valence-corrected chi connectivity index (χ2v) is 5.04. The largest absolute Gasteiger partial charge is 0.344 e. The van der Waals surface area contributed by atoms with E-state index >= 15 is 0 Å². The molecule has 0 atom stereocenters. The fourth-order valence-electron chi connectivity index (χ4n) is 1.37. The number of thioether (sulfide) groups is 1. The maximum atomic E-state index is 11.5. The average molecular weight is 256 g/mol. The number of hydrogen-bond acceptors (Lipinski definition) is 4.